The second-order valence-electron chi connectivity index (χ2n) is 6.32. The van der Waals surface area contributed by atoms with Crippen molar-refractivity contribution in [1.82, 2.24) is 4.90 Å². The molecule has 0 aromatic heterocycles. The van der Waals surface area contributed by atoms with Crippen LogP contribution in [0, 0.1) is 0 Å². The molecule has 1 saturated heterocycles. The number of carbonyl (C=O) groups is 1. The summed E-state index contributed by atoms with van der Waals surface area (Å²) >= 11 is 5.88. The number of hydrogen-bond donors (Lipinski definition) is 2. The first kappa shape index (κ1) is 20.0. The maximum Gasteiger partial charge on any atom is 0.410 e. The average Bonchev–Trinajstić information content (AvgIpc) is 2.61. The first-order valence-electron chi connectivity index (χ1n) is 8.80. The van der Waals surface area contributed by atoms with Crippen molar-refractivity contribution in [2.24, 2.45) is 0 Å². The first-order chi connectivity index (χ1) is 12.0. The molecule has 2 N–H and O–H groups in total. The lowest BCUT2D eigenvalue weighted by molar-refractivity contribution is -0.907. The first-order valence-corrected chi connectivity index (χ1v) is 9.17. The largest absolute Gasteiger partial charge is 0.450 e. The molecule has 0 bridgehead atoms. The van der Waals surface area contributed by atoms with Gasteiger partial charge >= 0.3 is 6.09 Å². The van der Waals surface area contributed by atoms with Crippen LogP contribution in [0.4, 0.5) is 4.79 Å². The highest BCUT2D eigenvalue weighted by atomic mass is 35.5. The second kappa shape index (κ2) is 9.97. The van der Waals surface area contributed by atoms with Crippen molar-refractivity contribution in [3.05, 3.63) is 34.9 Å². The fourth-order valence-corrected chi connectivity index (χ4v) is 3.03. The summed E-state index contributed by atoms with van der Waals surface area (Å²) in [5, 5.41) is 10.9. The van der Waals surface area contributed by atoms with E-state index >= 15 is 0 Å². The minimum absolute atomic E-state index is 0.0948. The average molecular weight is 372 g/mol. The topological polar surface area (TPSA) is 63.4 Å². The lowest BCUT2D eigenvalue weighted by atomic mass is 10.1. The molecule has 140 valence electrons. The third-order valence-corrected chi connectivity index (χ3v) is 4.65. The zero-order chi connectivity index (χ0) is 18.2. The third kappa shape index (κ3) is 6.47. The Balaban J connectivity index is 1.68. The highest BCUT2D eigenvalue weighted by Crippen LogP contribution is 2.19. The molecule has 0 spiro atoms. The monoisotopic (exact) mass is 371 g/mol. The van der Waals surface area contributed by atoms with E-state index in [2.05, 4.69) is 0 Å². The van der Waals surface area contributed by atoms with Crippen LogP contribution in [0.1, 0.15) is 25.5 Å². The Labute approximate surface area is 154 Å². The fourth-order valence-electron chi connectivity index (χ4n) is 2.90. The number of nitrogens with zero attached hydrogens (tertiary/aromatic N) is 1. The van der Waals surface area contributed by atoms with E-state index in [1.54, 1.807) is 11.8 Å². The van der Waals surface area contributed by atoms with E-state index in [0.29, 0.717) is 31.3 Å². The Hall–Kier alpha value is -1.34. The van der Waals surface area contributed by atoms with Crippen molar-refractivity contribution in [3.63, 3.8) is 0 Å². The summed E-state index contributed by atoms with van der Waals surface area (Å²) in [6, 6.07) is 7.53. The van der Waals surface area contributed by atoms with Gasteiger partial charge in [-0.2, -0.15) is 0 Å². The van der Waals surface area contributed by atoms with E-state index in [1.165, 1.54) is 4.90 Å². The number of hydrogen-bond acceptors (Lipinski definition) is 4. The van der Waals surface area contributed by atoms with Gasteiger partial charge in [0, 0.05) is 5.02 Å². The number of rotatable bonds is 7. The number of piperazine rings is 1. The molecule has 1 aliphatic heterocycles. The minimum Gasteiger partial charge on any atom is -0.450 e. The second-order valence-corrected chi connectivity index (χ2v) is 6.76. The Bertz CT molecular complexity index is 532. The van der Waals surface area contributed by atoms with Crippen LogP contribution in [0.25, 0.3) is 0 Å². The standard InChI is InChI=1S/C18H27ClN2O4/c1-3-24-18(23)21-10-8-20(9-11-21)12-17(22)13-25-14(2)15-4-6-16(19)7-5-15/h4-7,14,17,22H,3,8-13H2,1-2H3/p+1/t14-,17+/m1/s1. The number of carbonyl (C=O) groups excluding carboxylic acids is 1. The zero-order valence-electron chi connectivity index (χ0n) is 14.9. The van der Waals surface area contributed by atoms with Crippen molar-refractivity contribution < 1.29 is 24.3 Å². The van der Waals surface area contributed by atoms with Crippen molar-refractivity contribution in [2.75, 3.05) is 45.9 Å². The minimum atomic E-state index is -0.529. The molecule has 0 aliphatic carbocycles. The SMILES string of the molecule is CCOC(=O)N1CC[NH+](C[C@H](O)CO[C@H](C)c2ccc(Cl)cc2)CC1. The number of halogens is 1. The summed E-state index contributed by atoms with van der Waals surface area (Å²) < 4.78 is 10.8. The molecule has 1 aromatic rings. The quantitative estimate of drug-likeness (QED) is 0.754. The van der Waals surface area contributed by atoms with E-state index in [9.17, 15) is 9.90 Å². The normalized spacial score (nSPS) is 18.0. The van der Waals surface area contributed by atoms with Gasteiger partial charge in [0.1, 0.15) is 12.6 Å². The van der Waals surface area contributed by atoms with Gasteiger partial charge in [-0.15, -0.1) is 0 Å². The molecule has 0 radical (unpaired) electrons. The maximum absolute atomic E-state index is 11.7. The van der Waals surface area contributed by atoms with Crippen LogP contribution in [0.5, 0.6) is 0 Å². The van der Waals surface area contributed by atoms with Crippen molar-refractivity contribution in [2.45, 2.75) is 26.1 Å². The highest BCUT2D eigenvalue weighted by Gasteiger charge is 2.26. The molecular formula is C18H28ClN2O4+. The maximum atomic E-state index is 11.7. The lowest BCUT2D eigenvalue weighted by Gasteiger charge is -2.32. The number of amides is 1. The van der Waals surface area contributed by atoms with Crippen molar-refractivity contribution >= 4 is 17.7 Å². The number of benzene rings is 1. The van der Waals surface area contributed by atoms with Crippen LogP contribution in [-0.2, 0) is 9.47 Å². The molecule has 2 atom stereocenters. The highest BCUT2D eigenvalue weighted by molar-refractivity contribution is 6.30. The predicted octanol–water partition coefficient (Wildman–Crippen LogP) is 1.14. The van der Waals surface area contributed by atoms with Gasteiger partial charge in [-0.05, 0) is 31.5 Å². The Morgan fingerprint density at radius 1 is 1.32 bits per heavy atom. The fraction of sp³-hybridized carbons (Fsp3) is 0.611. The number of aliphatic hydroxyl groups is 1. The van der Waals surface area contributed by atoms with E-state index in [1.807, 2.05) is 31.2 Å². The van der Waals surface area contributed by atoms with Crippen molar-refractivity contribution in [3.8, 4) is 0 Å². The smallest absolute Gasteiger partial charge is 0.410 e. The summed E-state index contributed by atoms with van der Waals surface area (Å²) in [4.78, 5) is 14.7. The Morgan fingerprint density at radius 3 is 2.56 bits per heavy atom. The van der Waals surface area contributed by atoms with Gasteiger partial charge in [0.25, 0.3) is 0 Å². The molecule has 7 heteroatoms. The van der Waals surface area contributed by atoms with Crippen molar-refractivity contribution in [1.29, 1.82) is 0 Å². The lowest BCUT2D eigenvalue weighted by Crippen LogP contribution is -3.15. The molecule has 6 nitrogen and oxygen atoms in total. The summed E-state index contributed by atoms with van der Waals surface area (Å²) in [6.07, 6.45) is -0.872. The molecular weight excluding hydrogens is 344 g/mol. The van der Waals surface area contributed by atoms with Gasteiger partial charge in [-0.1, -0.05) is 23.7 Å². The summed E-state index contributed by atoms with van der Waals surface area (Å²) in [7, 11) is 0. The van der Waals surface area contributed by atoms with E-state index < -0.39 is 6.10 Å². The molecule has 1 aliphatic rings. The van der Waals surface area contributed by atoms with E-state index in [-0.39, 0.29) is 18.8 Å². The molecule has 1 heterocycles. The van der Waals surface area contributed by atoms with Gasteiger partial charge < -0.3 is 19.5 Å². The predicted molar refractivity (Wildman–Crippen MR) is 96.0 cm³/mol. The molecule has 0 saturated carbocycles. The molecule has 2 rings (SSSR count). The Morgan fingerprint density at radius 2 is 1.96 bits per heavy atom. The Kier molecular flexibility index (Phi) is 7.96. The molecule has 25 heavy (non-hydrogen) atoms. The summed E-state index contributed by atoms with van der Waals surface area (Å²) in [5.74, 6) is 0. The van der Waals surface area contributed by atoms with Crippen LogP contribution in [-0.4, -0.2) is 68.1 Å². The molecule has 1 aromatic carbocycles. The van der Waals surface area contributed by atoms with E-state index in [4.69, 9.17) is 21.1 Å². The van der Waals surface area contributed by atoms with Crippen LogP contribution in [0.2, 0.25) is 5.02 Å². The van der Waals surface area contributed by atoms with Crippen LogP contribution >= 0.6 is 11.6 Å². The number of quaternary nitrogens is 1. The molecule has 0 unspecified atom stereocenters. The zero-order valence-corrected chi connectivity index (χ0v) is 15.7. The van der Waals surface area contributed by atoms with Gasteiger partial charge in [0.05, 0.1) is 45.5 Å². The summed E-state index contributed by atoms with van der Waals surface area (Å²) in [6.45, 7) is 7.99. The number of aliphatic hydroxyl groups excluding tert-OH is 1. The van der Waals surface area contributed by atoms with E-state index in [0.717, 1.165) is 18.7 Å². The van der Waals surface area contributed by atoms with Crippen LogP contribution in [0.3, 0.4) is 0 Å². The molecule has 1 fully saturated rings. The van der Waals surface area contributed by atoms with Gasteiger partial charge in [0.2, 0.25) is 0 Å². The third-order valence-electron chi connectivity index (χ3n) is 4.40. The van der Waals surface area contributed by atoms with Gasteiger partial charge in [-0.3, -0.25) is 4.90 Å². The summed E-state index contributed by atoms with van der Waals surface area (Å²) in [5.41, 5.74) is 1.03. The van der Waals surface area contributed by atoms with Gasteiger partial charge in [0.15, 0.2) is 0 Å². The molecule has 1 amide bonds. The van der Waals surface area contributed by atoms with Crippen LogP contribution < -0.4 is 4.90 Å². The van der Waals surface area contributed by atoms with Crippen LogP contribution in [0.15, 0.2) is 24.3 Å². The number of ether oxygens (including phenoxy) is 2. The van der Waals surface area contributed by atoms with Gasteiger partial charge in [-0.25, -0.2) is 4.79 Å². The number of nitrogens with one attached hydrogen (secondary N) is 1.